The molecule has 2 aromatic rings. The van der Waals surface area contributed by atoms with Gasteiger partial charge in [-0.1, -0.05) is 71.1 Å². The van der Waals surface area contributed by atoms with Crippen LogP contribution in [0.5, 0.6) is 5.75 Å². The number of amides is 1. The second-order valence-corrected chi connectivity index (χ2v) is 10.1. The Kier molecular flexibility index (Phi) is 9.52. The summed E-state index contributed by atoms with van der Waals surface area (Å²) < 4.78 is 12.6. The molecular weight excluding hydrogens is 522 g/mol. The number of esters is 1. The third-order valence-electron chi connectivity index (χ3n) is 5.01. The van der Waals surface area contributed by atoms with Crippen LogP contribution in [0.15, 0.2) is 51.8 Å². The van der Waals surface area contributed by atoms with E-state index in [1.165, 1.54) is 11.8 Å². The lowest BCUT2D eigenvalue weighted by atomic mass is 10.1. The van der Waals surface area contributed by atoms with Crippen molar-refractivity contribution in [2.24, 2.45) is 0 Å². The molecule has 1 fully saturated rings. The Balaban J connectivity index is 1.69. The highest BCUT2D eigenvalue weighted by atomic mass is 79.9. The number of benzene rings is 2. The molecule has 0 aromatic heterocycles. The van der Waals surface area contributed by atoms with E-state index in [0.29, 0.717) is 41.2 Å². The maximum Gasteiger partial charge on any atom is 0.305 e. The Morgan fingerprint density at radius 1 is 1.24 bits per heavy atom. The molecule has 2 aromatic carbocycles. The van der Waals surface area contributed by atoms with Crippen LogP contribution in [0.1, 0.15) is 42.9 Å². The van der Waals surface area contributed by atoms with Crippen molar-refractivity contribution in [3.63, 3.8) is 0 Å². The van der Waals surface area contributed by atoms with Gasteiger partial charge in [0.15, 0.2) is 0 Å². The highest BCUT2D eigenvalue weighted by molar-refractivity contribution is 9.10. The van der Waals surface area contributed by atoms with Crippen LogP contribution in [0, 0.1) is 6.92 Å². The zero-order valence-corrected chi connectivity index (χ0v) is 21.9. The molecule has 0 atom stereocenters. The molecule has 33 heavy (non-hydrogen) atoms. The van der Waals surface area contributed by atoms with Gasteiger partial charge in [0.05, 0.1) is 11.5 Å². The normalized spacial score (nSPS) is 14.8. The van der Waals surface area contributed by atoms with Crippen LogP contribution >= 0.6 is 39.9 Å². The predicted octanol–water partition coefficient (Wildman–Crippen LogP) is 6.27. The molecule has 5 nitrogen and oxygen atoms in total. The summed E-state index contributed by atoms with van der Waals surface area (Å²) in [4.78, 5) is 26.8. The van der Waals surface area contributed by atoms with Gasteiger partial charge in [-0.2, -0.15) is 0 Å². The van der Waals surface area contributed by atoms with Gasteiger partial charge in [-0.3, -0.25) is 14.5 Å². The van der Waals surface area contributed by atoms with Crippen LogP contribution in [0.4, 0.5) is 0 Å². The molecule has 0 N–H and O–H groups in total. The van der Waals surface area contributed by atoms with Crippen LogP contribution in [0.3, 0.4) is 0 Å². The molecule has 1 amide bonds. The molecular formula is C25H26BrNO4S2. The van der Waals surface area contributed by atoms with Gasteiger partial charge >= 0.3 is 5.97 Å². The number of aryl methyl sites for hydroxylation is 1. The number of ether oxygens (including phenoxy) is 2. The highest BCUT2D eigenvalue weighted by Gasteiger charge is 2.32. The summed E-state index contributed by atoms with van der Waals surface area (Å²) in [5.41, 5.74) is 3.06. The smallest absolute Gasteiger partial charge is 0.305 e. The maximum absolute atomic E-state index is 13.0. The number of hydrogen-bond acceptors (Lipinski definition) is 6. The average molecular weight is 549 g/mol. The number of carbonyl (C=O) groups excluding carboxylic acids is 2. The maximum atomic E-state index is 13.0. The summed E-state index contributed by atoms with van der Waals surface area (Å²) in [5, 5.41) is 0. The van der Waals surface area contributed by atoms with Gasteiger partial charge < -0.3 is 9.47 Å². The second-order valence-electron chi connectivity index (χ2n) is 7.55. The van der Waals surface area contributed by atoms with Crippen molar-refractivity contribution in [1.82, 2.24) is 4.90 Å². The molecule has 0 bridgehead atoms. The quantitative estimate of drug-likeness (QED) is 0.198. The van der Waals surface area contributed by atoms with Crippen molar-refractivity contribution in [1.29, 1.82) is 0 Å². The Bertz CT molecular complexity index is 1070. The minimum absolute atomic E-state index is 0.156. The first kappa shape index (κ1) is 25.5. The Labute approximate surface area is 212 Å². The van der Waals surface area contributed by atoms with Crippen LogP contribution < -0.4 is 4.74 Å². The van der Waals surface area contributed by atoms with Crippen molar-refractivity contribution in [2.75, 3.05) is 13.2 Å². The minimum atomic E-state index is -0.248. The molecule has 1 heterocycles. The van der Waals surface area contributed by atoms with E-state index < -0.39 is 0 Å². The van der Waals surface area contributed by atoms with Crippen molar-refractivity contribution in [3.05, 3.63) is 68.5 Å². The van der Waals surface area contributed by atoms with E-state index in [1.807, 2.05) is 49.4 Å². The molecule has 0 spiro atoms. The zero-order chi connectivity index (χ0) is 23.8. The van der Waals surface area contributed by atoms with Gasteiger partial charge in [0.2, 0.25) is 0 Å². The largest absolute Gasteiger partial charge is 0.488 e. The van der Waals surface area contributed by atoms with Gasteiger partial charge in [-0.25, -0.2) is 0 Å². The molecule has 1 aliphatic heterocycles. The third kappa shape index (κ3) is 7.16. The molecule has 1 aliphatic rings. The lowest BCUT2D eigenvalue weighted by Gasteiger charge is -2.14. The highest BCUT2D eigenvalue weighted by Crippen LogP contribution is 2.35. The van der Waals surface area contributed by atoms with Gasteiger partial charge in [0.1, 0.15) is 16.7 Å². The minimum Gasteiger partial charge on any atom is -0.488 e. The number of halogens is 1. The number of thioether (sulfide) groups is 1. The van der Waals surface area contributed by atoms with Crippen molar-refractivity contribution in [2.45, 2.75) is 39.7 Å². The lowest BCUT2D eigenvalue weighted by Crippen LogP contribution is -2.29. The predicted molar refractivity (Wildman–Crippen MR) is 140 cm³/mol. The van der Waals surface area contributed by atoms with Crippen LogP contribution in [-0.4, -0.2) is 34.2 Å². The second kappa shape index (κ2) is 12.3. The Hall–Kier alpha value is -2.16. The third-order valence-corrected chi connectivity index (χ3v) is 6.88. The van der Waals surface area contributed by atoms with E-state index in [-0.39, 0.29) is 18.3 Å². The number of nitrogens with zero attached hydrogens (tertiary/aromatic N) is 1. The van der Waals surface area contributed by atoms with Gasteiger partial charge in [-0.05, 0) is 55.2 Å². The molecule has 0 unspecified atom stereocenters. The van der Waals surface area contributed by atoms with Crippen molar-refractivity contribution in [3.8, 4) is 5.75 Å². The fraction of sp³-hybridized carbons (Fsp3) is 0.320. The lowest BCUT2D eigenvalue weighted by molar-refractivity contribution is -0.144. The monoisotopic (exact) mass is 547 g/mol. The molecule has 3 rings (SSSR count). The van der Waals surface area contributed by atoms with Crippen LogP contribution in [-0.2, 0) is 20.9 Å². The van der Waals surface area contributed by atoms with E-state index in [9.17, 15) is 9.59 Å². The molecule has 174 valence electrons. The van der Waals surface area contributed by atoms with Crippen LogP contribution in [0.25, 0.3) is 6.08 Å². The van der Waals surface area contributed by atoms with E-state index in [4.69, 9.17) is 21.7 Å². The van der Waals surface area contributed by atoms with Crippen molar-refractivity contribution < 1.29 is 19.1 Å². The summed E-state index contributed by atoms with van der Waals surface area (Å²) in [6, 6.07) is 13.8. The number of rotatable bonds is 10. The standard InChI is InChI=1S/C25H26BrNO4S2/c1-3-13-30-23(28)9-6-12-27-24(29)22(33-25(27)32)15-19-14-20(26)10-11-21(19)31-16-18-8-5-4-7-17(18)2/h4-5,7-8,10-11,14-15H,3,6,9,12-13,16H2,1-2H3/b22-15+. The fourth-order valence-corrected chi connectivity index (χ4v) is 4.87. The van der Waals surface area contributed by atoms with E-state index in [2.05, 4.69) is 28.9 Å². The van der Waals surface area contributed by atoms with E-state index in [1.54, 1.807) is 4.90 Å². The molecule has 0 radical (unpaired) electrons. The fourth-order valence-electron chi connectivity index (χ4n) is 3.19. The number of thiocarbonyl (C=S) groups is 1. The molecule has 8 heteroatoms. The molecule has 0 saturated carbocycles. The van der Waals surface area contributed by atoms with Crippen molar-refractivity contribution >= 4 is 62.2 Å². The van der Waals surface area contributed by atoms with Gasteiger partial charge in [-0.15, -0.1) is 0 Å². The first-order valence-corrected chi connectivity index (χ1v) is 12.8. The van der Waals surface area contributed by atoms with Gasteiger partial charge in [0.25, 0.3) is 5.91 Å². The summed E-state index contributed by atoms with van der Waals surface area (Å²) in [5.74, 6) is 0.282. The Morgan fingerprint density at radius 3 is 2.79 bits per heavy atom. The topological polar surface area (TPSA) is 55.8 Å². The zero-order valence-electron chi connectivity index (χ0n) is 18.6. The summed E-state index contributed by atoms with van der Waals surface area (Å²) >= 11 is 10.2. The first-order valence-electron chi connectivity index (χ1n) is 10.8. The van der Waals surface area contributed by atoms with Gasteiger partial charge in [0, 0.05) is 23.0 Å². The Morgan fingerprint density at radius 2 is 2.03 bits per heavy atom. The van der Waals surface area contributed by atoms with E-state index in [0.717, 1.165) is 27.6 Å². The molecule has 1 saturated heterocycles. The number of hydrogen-bond donors (Lipinski definition) is 0. The van der Waals surface area contributed by atoms with E-state index >= 15 is 0 Å². The summed E-state index contributed by atoms with van der Waals surface area (Å²) in [6.45, 7) is 5.24. The SMILES string of the molecule is CCCOC(=O)CCCN1C(=O)/C(=C\c2cc(Br)ccc2OCc2ccccc2C)SC1=S. The molecule has 0 aliphatic carbocycles. The summed E-state index contributed by atoms with van der Waals surface area (Å²) in [7, 11) is 0. The summed E-state index contributed by atoms with van der Waals surface area (Å²) in [6.07, 6.45) is 3.37. The first-order chi connectivity index (χ1) is 15.9. The van der Waals surface area contributed by atoms with Crippen LogP contribution in [0.2, 0.25) is 0 Å². The number of carbonyl (C=O) groups is 2. The average Bonchev–Trinajstić information content (AvgIpc) is 3.05.